The average Bonchev–Trinajstić information content (AvgIpc) is 2.65. The minimum absolute atomic E-state index is 0.199. The summed E-state index contributed by atoms with van der Waals surface area (Å²) in [5.74, 6) is 0.343. The molecule has 0 radical (unpaired) electrons. The van der Waals surface area contributed by atoms with Gasteiger partial charge in [0.15, 0.2) is 0 Å². The number of hydrogen-bond donors (Lipinski definition) is 2. The van der Waals surface area contributed by atoms with E-state index in [1.807, 2.05) is 17.8 Å². The third-order valence-electron chi connectivity index (χ3n) is 2.69. The molecule has 13 heavy (non-hydrogen) atoms. The predicted octanol–water partition coefficient (Wildman–Crippen LogP) is -0.457. The van der Waals surface area contributed by atoms with Crippen molar-refractivity contribution in [1.82, 2.24) is 14.9 Å². The quantitative estimate of drug-likeness (QED) is 0.649. The number of aliphatic hydroxyl groups is 1. The number of hydrogen-bond acceptors (Lipinski definition) is 3. The van der Waals surface area contributed by atoms with E-state index in [0.29, 0.717) is 5.92 Å². The molecule has 1 saturated heterocycles. The molecule has 0 saturated carbocycles. The van der Waals surface area contributed by atoms with Gasteiger partial charge in [0.2, 0.25) is 0 Å². The van der Waals surface area contributed by atoms with Crippen LogP contribution < -0.4 is 5.32 Å². The van der Waals surface area contributed by atoms with Gasteiger partial charge in [-0.3, -0.25) is 0 Å². The number of imidazole rings is 1. The fourth-order valence-corrected chi connectivity index (χ4v) is 1.78. The molecule has 1 aliphatic heterocycles. The molecular formula is C9H15N3O. The number of aryl methyl sites for hydroxylation is 1. The first-order valence-corrected chi connectivity index (χ1v) is 4.61. The Morgan fingerprint density at radius 2 is 2.54 bits per heavy atom. The number of nitrogens with one attached hydrogen (secondary N) is 1. The van der Waals surface area contributed by atoms with E-state index in [2.05, 4.69) is 10.3 Å². The zero-order chi connectivity index (χ0) is 9.26. The van der Waals surface area contributed by atoms with Crippen LogP contribution in [0.5, 0.6) is 0 Å². The van der Waals surface area contributed by atoms with Crippen LogP contribution in [0.3, 0.4) is 0 Å². The van der Waals surface area contributed by atoms with Crippen LogP contribution >= 0.6 is 0 Å². The molecule has 1 fully saturated rings. The number of nitrogens with zero attached hydrogens (tertiary/aromatic N) is 2. The molecule has 2 heterocycles. The van der Waals surface area contributed by atoms with Gasteiger partial charge in [-0.1, -0.05) is 0 Å². The van der Waals surface area contributed by atoms with Gasteiger partial charge in [-0.05, 0) is 6.42 Å². The Balaban J connectivity index is 2.01. The summed E-state index contributed by atoms with van der Waals surface area (Å²) in [6, 6.07) is 0. The summed E-state index contributed by atoms with van der Waals surface area (Å²) in [6.45, 7) is 1.63. The van der Waals surface area contributed by atoms with Crippen molar-refractivity contribution in [2.24, 2.45) is 13.0 Å². The predicted molar refractivity (Wildman–Crippen MR) is 49.3 cm³/mol. The van der Waals surface area contributed by atoms with E-state index in [9.17, 15) is 5.11 Å². The molecule has 72 valence electrons. The van der Waals surface area contributed by atoms with Crippen LogP contribution in [0.4, 0.5) is 0 Å². The highest BCUT2D eigenvalue weighted by Gasteiger charge is 2.25. The SMILES string of the molecule is Cn1cncc1C[C@@H]1CNC[C@H]1O. The summed E-state index contributed by atoms with van der Waals surface area (Å²) >= 11 is 0. The van der Waals surface area contributed by atoms with Gasteiger partial charge in [-0.25, -0.2) is 4.98 Å². The molecule has 4 nitrogen and oxygen atoms in total. The number of aromatic nitrogens is 2. The van der Waals surface area contributed by atoms with Crippen LogP contribution in [-0.2, 0) is 13.5 Å². The molecule has 4 heteroatoms. The third kappa shape index (κ3) is 1.73. The fourth-order valence-electron chi connectivity index (χ4n) is 1.78. The molecule has 2 N–H and O–H groups in total. The second kappa shape index (κ2) is 3.47. The first-order chi connectivity index (χ1) is 6.27. The molecule has 1 aromatic heterocycles. The lowest BCUT2D eigenvalue weighted by molar-refractivity contribution is 0.147. The van der Waals surface area contributed by atoms with Gasteiger partial charge in [0.1, 0.15) is 0 Å². The Hall–Kier alpha value is -0.870. The summed E-state index contributed by atoms with van der Waals surface area (Å²) in [4.78, 5) is 4.05. The molecular weight excluding hydrogens is 166 g/mol. The summed E-state index contributed by atoms with van der Waals surface area (Å²) < 4.78 is 2.00. The second-order valence-corrected chi connectivity index (χ2v) is 3.69. The van der Waals surface area contributed by atoms with Gasteiger partial charge >= 0.3 is 0 Å². The van der Waals surface area contributed by atoms with Crippen LogP contribution in [0.25, 0.3) is 0 Å². The summed E-state index contributed by atoms with van der Waals surface area (Å²) in [7, 11) is 1.98. The van der Waals surface area contributed by atoms with Gasteiger partial charge in [0.25, 0.3) is 0 Å². The van der Waals surface area contributed by atoms with E-state index in [1.54, 1.807) is 6.33 Å². The van der Waals surface area contributed by atoms with E-state index in [4.69, 9.17) is 0 Å². The highest BCUT2D eigenvalue weighted by molar-refractivity contribution is 5.01. The van der Waals surface area contributed by atoms with E-state index in [-0.39, 0.29) is 6.10 Å². The zero-order valence-electron chi connectivity index (χ0n) is 7.77. The smallest absolute Gasteiger partial charge is 0.0945 e. The van der Waals surface area contributed by atoms with Crippen molar-refractivity contribution in [2.75, 3.05) is 13.1 Å². The molecule has 2 rings (SSSR count). The Morgan fingerprint density at radius 1 is 1.69 bits per heavy atom. The van der Waals surface area contributed by atoms with Crippen molar-refractivity contribution >= 4 is 0 Å². The molecule has 0 aromatic carbocycles. The van der Waals surface area contributed by atoms with E-state index >= 15 is 0 Å². The van der Waals surface area contributed by atoms with Crippen molar-refractivity contribution in [3.63, 3.8) is 0 Å². The Kier molecular flexibility index (Phi) is 2.33. The van der Waals surface area contributed by atoms with Gasteiger partial charge in [-0.2, -0.15) is 0 Å². The minimum Gasteiger partial charge on any atom is -0.391 e. The van der Waals surface area contributed by atoms with Crippen LogP contribution in [-0.4, -0.2) is 33.9 Å². The first-order valence-electron chi connectivity index (χ1n) is 4.61. The topological polar surface area (TPSA) is 50.1 Å². The Bertz CT molecular complexity index is 284. The average molecular weight is 181 g/mol. The summed E-state index contributed by atoms with van der Waals surface area (Å²) in [6.07, 6.45) is 4.37. The lowest BCUT2D eigenvalue weighted by Crippen LogP contribution is -2.20. The summed E-state index contributed by atoms with van der Waals surface area (Å²) in [5.41, 5.74) is 1.19. The standard InChI is InChI=1S/C9H15N3O/c1-12-6-11-4-8(12)2-7-3-10-5-9(7)13/h4,6-7,9-10,13H,2-3,5H2,1H3/t7-,9-/m1/s1. The Morgan fingerprint density at radius 3 is 3.08 bits per heavy atom. The van der Waals surface area contributed by atoms with Crippen LogP contribution in [0.2, 0.25) is 0 Å². The Labute approximate surface area is 77.6 Å². The fraction of sp³-hybridized carbons (Fsp3) is 0.667. The largest absolute Gasteiger partial charge is 0.391 e. The number of aliphatic hydroxyl groups excluding tert-OH is 1. The maximum Gasteiger partial charge on any atom is 0.0945 e. The van der Waals surface area contributed by atoms with E-state index < -0.39 is 0 Å². The molecule has 1 aromatic rings. The van der Waals surface area contributed by atoms with Crippen molar-refractivity contribution < 1.29 is 5.11 Å². The summed E-state index contributed by atoms with van der Waals surface area (Å²) in [5, 5.41) is 12.8. The van der Waals surface area contributed by atoms with Gasteiger partial charge in [-0.15, -0.1) is 0 Å². The van der Waals surface area contributed by atoms with Crippen LogP contribution in [0.15, 0.2) is 12.5 Å². The lowest BCUT2D eigenvalue weighted by Gasteiger charge is -2.12. The molecule has 2 atom stereocenters. The molecule has 0 bridgehead atoms. The van der Waals surface area contributed by atoms with Gasteiger partial charge in [0, 0.05) is 37.9 Å². The third-order valence-corrected chi connectivity index (χ3v) is 2.69. The van der Waals surface area contributed by atoms with Crippen molar-refractivity contribution in [3.8, 4) is 0 Å². The van der Waals surface area contributed by atoms with E-state index in [0.717, 1.165) is 19.5 Å². The van der Waals surface area contributed by atoms with Gasteiger partial charge in [0.05, 0.1) is 12.4 Å². The highest BCUT2D eigenvalue weighted by atomic mass is 16.3. The molecule has 0 spiro atoms. The number of β-amino-alcohol motifs (C(OH)–C–C–N with tert-alkyl or cyclic N) is 1. The van der Waals surface area contributed by atoms with Crippen molar-refractivity contribution in [1.29, 1.82) is 0 Å². The lowest BCUT2D eigenvalue weighted by atomic mass is 10.0. The van der Waals surface area contributed by atoms with Crippen molar-refractivity contribution in [2.45, 2.75) is 12.5 Å². The maximum absolute atomic E-state index is 9.59. The molecule has 0 aliphatic carbocycles. The molecule has 0 unspecified atom stereocenters. The monoisotopic (exact) mass is 181 g/mol. The maximum atomic E-state index is 9.59. The molecule has 1 aliphatic rings. The minimum atomic E-state index is -0.199. The molecule has 0 amide bonds. The van der Waals surface area contributed by atoms with Gasteiger partial charge < -0.3 is 15.0 Å². The van der Waals surface area contributed by atoms with Crippen molar-refractivity contribution in [3.05, 3.63) is 18.2 Å². The number of rotatable bonds is 2. The van der Waals surface area contributed by atoms with Crippen LogP contribution in [0.1, 0.15) is 5.69 Å². The zero-order valence-corrected chi connectivity index (χ0v) is 7.77. The van der Waals surface area contributed by atoms with Crippen LogP contribution in [0, 0.1) is 5.92 Å². The normalized spacial score (nSPS) is 28.2. The van der Waals surface area contributed by atoms with E-state index in [1.165, 1.54) is 5.69 Å². The first kappa shape index (κ1) is 8.72. The highest BCUT2D eigenvalue weighted by Crippen LogP contribution is 2.14. The second-order valence-electron chi connectivity index (χ2n) is 3.69.